The van der Waals surface area contributed by atoms with Crippen LogP contribution in [-0.4, -0.2) is 31.9 Å². The highest BCUT2D eigenvalue weighted by Crippen LogP contribution is 2.30. The molecule has 0 bridgehead atoms. The average Bonchev–Trinajstić information content (AvgIpc) is 3.39. The molecule has 0 spiro atoms. The summed E-state index contributed by atoms with van der Waals surface area (Å²) in [7, 11) is 1.74. The van der Waals surface area contributed by atoms with Gasteiger partial charge < -0.3 is 16.4 Å². The van der Waals surface area contributed by atoms with Gasteiger partial charge in [0.2, 0.25) is 11.1 Å². The Morgan fingerprint density at radius 3 is 2.77 bits per heavy atom. The molecule has 0 saturated carbocycles. The third-order valence-corrected chi connectivity index (χ3v) is 5.19. The van der Waals surface area contributed by atoms with Crippen molar-refractivity contribution in [2.24, 2.45) is 7.05 Å². The number of nitrogens with one attached hydrogen (secondary N) is 3. The number of hydrogen-bond donors (Lipinski definition) is 4. The van der Waals surface area contributed by atoms with Crippen LogP contribution in [0.25, 0.3) is 10.6 Å². The zero-order valence-electron chi connectivity index (χ0n) is 16.3. The Hall–Kier alpha value is -4.12. The van der Waals surface area contributed by atoms with E-state index in [9.17, 15) is 9.18 Å². The van der Waals surface area contributed by atoms with Crippen LogP contribution in [0, 0.1) is 5.41 Å². The van der Waals surface area contributed by atoms with Gasteiger partial charge in [0, 0.05) is 35.9 Å². The van der Waals surface area contributed by atoms with E-state index in [2.05, 4.69) is 25.9 Å². The zero-order valence-corrected chi connectivity index (χ0v) is 17.1. The number of nitrogens with two attached hydrogens (primary N) is 1. The van der Waals surface area contributed by atoms with Crippen LogP contribution in [0.5, 0.6) is 0 Å². The van der Waals surface area contributed by atoms with E-state index in [0.717, 1.165) is 5.56 Å². The molecular formula is C20H17FN8OS. The van der Waals surface area contributed by atoms with Gasteiger partial charge >= 0.3 is 0 Å². The quantitative estimate of drug-likeness (QED) is 0.268. The third kappa shape index (κ3) is 4.56. The van der Waals surface area contributed by atoms with Crippen molar-refractivity contribution in [2.45, 2.75) is 0 Å². The Bertz CT molecular complexity index is 1280. The van der Waals surface area contributed by atoms with Gasteiger partial charge in [0.05, 0.1) is 17.3 Å². The topological polar surface area (TPSA) is 135 Å². The summed E-state index contributed by atoms with van der Waals surface area (Å²) in [4.78, 5) is 12.3. The Labute approximate surface area is 180 Å². The fourth-order valence-corrected chi connectivity index (χ4v) is 3.57. The second-order valence-corrected chi connectivity index (χ2v) is 7.57. The lowest BCUT2D eigenvalue weighted by atomic mass is 10.1. The molecule has 4 rings (SSSR count). The highest BCUT2D eigenvalue weighted by Gasteiger charge is 2.12. The molecule has 2 aromatic heterocycles. The number of carbonyl (C=O) groups excluding carboxylic acids is 1. The van der Waals surface area contributed by atoms with Crippen LogP contribution in [0.2, 0.25) is 0 Å². The summed E-state index contributed by atoms with van der Waals surface area (Å²) in [6, 6.07) is 11.9. The molecule has 11 heteroatoms. The Morgan fingerprint density at radius 1 is 1.19 bits per heavy atom. The van der Waals surface area contributed by atoms with Gasteiger partial charge in [0.25, 0.3) is 5.91 Å². The minimum Gasteiger partial charge on any atom is -0.398 e. The van der Waals surface area contributed by atoms with Gasteiger partial charge in [-0.3, -0.25) is 14.9 Å². The SMILES string of the molecule is Cn1cc(C(=O)Nc2cccc(-c3nnc(Nc4ccc(N)c(C(=N)F)c4)s3)c2)cn1. The second-order valence-electron chi connectivity index (χ2n) is 6.59. The molecule has 0 fully saturated rings. The molecular weight excluding hydrogens is 419 g/mol. The number of nitrogens with zero attached hydrogens (tertiary/aromatic N) is 4. The molecule has 1 amide bonds. The van der Waals surface area contributed by atoms with E-state index in [0.29, 0.717) is 27.1 Å². The summed E-state index contributed by atoms with van der Waals surface area (Å²) in [6.07, 6.45) is 3.13. The van der Waals surface area contributed by atoms with Crippen molar-refractivity contribution in [3.63, 3.8) is 0 Å². The maximum absolute atomic E-state index is 13.3. The number of anilines is 4. The summed E-state index contributed by atoms with van der Waals surface area (Å²) in [5.74, 6) is -1.37. The van der Waals surface area contributed by atoms with Crippen LogP contribution in [0.4, 0.5) is 26.6 Å². The van der Waals surface area contributed by atoms with Crippen LogP contribution in [0.1, 0.15) is 15.9 Å². The van der Waals surface area contributed by atoms with E-state index in [1.807, 2.05) is 12.1 Å². The summed E-state index contributed by atoms with van der Waals surface area (Å²) in [5.41, 5.74) is 8.25. The molecule has 0 radical (unpaired) electrons. The molecule has 0 unspecified atom stereocenters. The first-order valence-electron chi connectivity index (χ1n) is 9.04. The molecule has 156 valence electrons. The van der Waals surface area contributed by atoms with Crippen LogP contribution < -0.4 is 16.4 Å². The lowest BCUT2D eigenvalue weighted by molar-refractivity contribution is 0.102. The molecule has 2 heterocycles. The summed E-state index contributed by atoms with van der Waals surface area (Å²) < 4.78 is 14.8. The standard InChI is InChI=1S/C20H17FN8OS/c1-29-10-12(9-24-29)18(30)25-13-4-2-3-11(7-13)19-27-28-20(31-19)26-14-5-6-16(22)15(8-14)17(21)23/h2-10,23H,22H2,1H3,(H,25,30)(H,26,28). The number of benzene rings is 2. The Balaban J connectivity index is 1.50. The summed E-state index contributed by atoms with van der Waals surface area (Å²) in [6.45, 7) is 0. The summed E-state index contributed by atoms with van der Waals surface area (Å²) >= 11 is 1.29. The van der Waals surface area contributed by atoms with Gasteiger partial charge in [0.1, 0.15) is 5.01 Å². The number of carbonyl (C=O) groups is 1. The zero-order chi connectivity index (χ0) is 22.0. The van der Waals surface area contributed by atoms with Crippen molar-refractivity contribution < 1.29 is 9.18 Å². The molecule has 0 aliphatic heterocycles. The number of nitrogen functional groups attached to an aromatic ring is 1. The normalized spacial score (nSPS) is 10.6. The van der Waals surface area contributed by atoms with E-state index in [1.165, 1.54) is 29.7 Å². The first-order valence-corrected chi connectivity index (χ1v) is 9.85. The molecule has 0 aliphatic carbocycles. The highest BCUT2D eigenvalue weighted by atomic mass is 32.1. The van der Waals surface area contributed by atoms with Crippen LogP contribution >= 0.6 is 11.3 Å². The van der Waals surface area contributed by atoms with E-state index in [-0.39, 0.29) is 17.2 Å². The van der Waals surface area contributed by atoms with Gasteiger partial charge in [-0.15, -0.1) is 10.2 Å². The highest BCUT2D eigenvalue weighted by molar-refractivity contribution is 7.18. The number of aromatic nitrogens is 4. The van der Waals surface area contributed by atoms with E-state index >= 15 is 0 Å². The van der Waals surface area contributed by atoms with Gasteiger partial charge in [-0.25, -0.2) is 0 Å². The molecule has 2 aromatic carbocycles. The molecule has 31 heavy (non-hydrogen) atoms. The number of halogens is 1. The molecule has 0 aliphatic rings. The van der Waals surface area contributed by atoms with Crippen LogP contribution in [0.15, 0.2) is 54.9 Å². The number of amides is 1. The number of hydrogen-bond acceptors (Lipinski definition) is 8. The minimum atomic E-state index is -1.11. The van der Waals surface area contributed by atoms with Crippen LogP contribution in [0.3, 0.4) is 0 Å². The Morgan fingerprint density at radius 2 is 2.03 bits per heavy atom. The van der Waals surface area contributed by atoms with E-state index < -0.39 is 5.97 Å². The third-order valence-electron chi connectivity index (χ3n) is 4.30. The van der Waals surface area contributed by atoms with Crippen molar-refractivity contribution in [2.75, 3.05) is 16.4 Å². The number of aryl methyl sites for hydroxylation is 1. The predicted molar refractivity (Wildman–Crippen MR) is 119 cm³/mol. The Kier molecular flexibility index (Phi) is 5.41. The molecule has 0 saturated heterocycles. The molecule has 5 N–H and O–H groups in total. The van der Waals surface area contributed by atoms with Crippen LogP contribution in [-0.2, 0) is 7.05 Å². The smallest absolute Gasteiger partial charge is 0.258 e. The van der Waals surface area contributed by atoms with Gasteiger partial charge in [-0.1, -0.05) is 23.5 Å². The molecule has 4 aromatic rings. The van der Waals surface area contributed by atoms with Gasteiger partial charge in [-0.05, 0) is 30.3 Å². The van der Waals surface area contributed by atoms with Gasteiger partial charge in [-0.2, -0.15) is 9.49 Å². The van der Waals surface area contributed by atoms with Crippen molar-refractivity contribution >= 4 is 45.4 Å². The lowest BCUT2D eigenvalue weighted by Crippen LogP contribution is -2.11. The second kappa shape index (κ2) is 8.32. The number of rotatable bonds is 6. The predicted octanol–water partition coefficient (Wildman–Crippen LogP) is 3.81. The van der Waals surface area contributed by atoms with Crippen molar-refractivity contribution in [1.29, 1.82) is 5.41 Å². The minimum absolute atomic E-state index is 0.00629. The fourth-order valence-electron chi connectivity index (χ4n) is 2.81. The summed E-state index contributed by atoms with van der Waals surface area (Å²) in [5, 5.41) is 26.4. The van der Waals surface area contributed by atoms with E-state index in [4.69, 9.17) is 11.1 Å². The molecule has 0 atom stereocenters. The van der Waals surface area contributed by atoms with Gasteiger partial charge in [0.15, 0.2) is 0 Å². The van der Waals surface area contributed by atoms with Crippen molar-refractivity contribution in [3.05, 3.63) is 66.0 Å². The van der Waals surface area contributed by atoms with E-state index in [1.54, 1.807) is 36.1 Å². The van der Waals surface area contributed by atoms with Crippen molar-refractivity contribution in [1.82, 2.24) is 20.0 Å². The average molecular weight is 436 g/mol. The lowest BCUT2D eigenvalue weighted by Gasteiger charge is -2.06. The maximum atomic E-state index is 13.3. The fraction of sp³-hybridized carbons (Fsp3) is 0.0500. The first kappa shape index (κ1) is 20.2. The maximum Gasteiger partial charge on any atom is 0.258 e. The largest absolute Gasteiger partial charge is 0.398 e. The molecule has 9 nitrogen and oxygen atoms in total. The monoisotopic (exact) mass is 436 g/mol. The van der Waals surface area contributed by atoms with Crippen molar-refractivity contribution in [3.8, 4) is 10.6 Å². The first-order chi connectivity index (χ1) is 14.9.